The summed E-state index contributed by atoms with van der Waals surface area (Å²) in [6.45, 7) is 2.20. The summed E-state index contributed by atoms with van der Waals surface area (Å²) in [4.78, 5) is 25.8. The first kappa shape index (κ1) is 16.4. The zero-order valence-corrected chi connectivity index (χ0v) is 13.5. The lowest BCUT2D eigenvalue weighted by atomic mass is 9.98. The minimum atomic E-state index is -0.507. The van der Waals surface area contributed by atoms with Gasteiger partial charge in [-0.05, 0) is 32.7 Å². The molecule has 0 atom stereocenters. The molecule has 3 aromatic rings. The molecule has 1 amide bonds. The van der Waals surface area contributed by atoms with Crippen molar-refractivity contribution in [3.8, 4) is 11.1 Å². The highest BCUT2D eigenvalue weighted by atomic mass is 16.6. The molecule has 0 bridgehead atoms. The first-order valence-electron chi connectivity index (χ1n) is 7.62. The number of primary amides is 1. The van der Waals surface area contributed by atoms with Crippen molar-refractivity contribution in [2.45, 2.75) is 13.5 Å². The Morgan fingerprint density at radius 3 is 2.48 bits per heavy atom. The van der Waals surface area contributed by atoms with Gasteiger partial charge in [0.05, 0.1) is 6.54 Å². The number of benzene rings is 2. The summed E-state index contributed by atoms with van der Waals surface area (Å²) in [7, 11) is 0. The van der Waals surface area contributed by atoms with E-state index in [2.05, 4.69) is 4.98 Å². The number of nitrogens with two attached hydrogens (primary N) is 1. The highest BCUT2D eigenvalue weighted by molar-refractivity contribution is 5.99. The Morgan fingerprint density at radius 2 is 1.88 bits per heavy atom. The minimum absolute atomic E-state index is 0.162. The van der Waals surface area contributed by atoms with E-state index in [0.29, 0.717) is 17.9 Å². The number of nitrogens with zero attached hydrogens (tertiary/aromatic N) is 3. The SMILES string of the molecule is Cc1nc([N+](=O)[O-])cn1Cc1ccc(-c2ccccc2C(N)=O)cc1. The molecule has 7 heteroatoms. The highest BCUT2D eigenvalue weighted by Crippen LogP contribution is 2.24. The zero-order valence-electron chi connectivity index (χ0n) is 13.5. The van der Waals surface area contributed by atoms with Gasteiger partial charge in [0.1, 0.15) is 6.20 Å². The summed E-state index contributed by atoms with van der Waals surface area (Å²) in [5, 5.41) is 10.8. The second kappa shape index (κ2) is 6.56. The number of rotatable bonds is 5. The quantitative estimate of drug-likeness (QED) is 0.571. The predicted octanol–water partition coefficient (Wildman–Crippen LogP) is 2.91. The molecule has 0 aliphatic rings. The van der Waals surface area contributed by atoms with Crippen LogP contribution in [0.15, 0.2) is 54.7 Å². The van der Waals surface area contributed by atoms with Crippen molar-refractivity contribution in [3.05, 3.63) is 81.8 Å². The number of carbonyl (C=O) groups is 1. The van der Waals surface area contributed by atoms with Gasteiger partial charge in [-0.15, -0.1) is 0 Å². The number of hydrogen-bond acceptors (Lipinski definition) is 4. The molecule has 0 unspecified atom stereocenters. The summed E-state index contributed by atoms with van der Waals surface area (Å²) in [5.41, 5.74) is 8.52. The molecule has 3 rings (SSSR count). The molecule has 1 heterocycles. The van der Waals surface area contributed by atoms with Crippen molar-refractivity contribution in [1.82, 2.24) is 9.55 Å². The average molecular weight is 336 g/mol. The maximum absolute atomic E-state index is 11.6. The summed E-state index contributed by atoms with van der Waals surface area (Å²) in [6.07, 6.45) is 1.42. The van der Waals surface area contributed by atoms with Gasteiger partial charge in [-0.25, -0.2) is 0 Å². The van der Waals surface area contributed by atoms with E-state index in [1.807, 2.05) is 36.4 Å². The second-order valence-corrected chi connectivity index (χ2v) is 5.64. The molecule has 0 saturated carbocycles. The van der Waals surface area contributed by atoms with E-state index in [9.17, 15) is 14.9 Å². The lowest BCUT2D eigenvalue weighted by molar-refractivity contribution is -0.389. The lowest BCUT2D eigenvalue weighted by Crippen LogP contribution is -2.12. The molecule has 0 aliphatic carbocycles. The van der Waals surface area contributed by atoms with Crippen LogP contribution in [0.3, 0.4) is 0 Å². The molecule has 0 fully saturated rings. The Labute approximate surface area is 143 Å². The molecule has 25 heavy (non-hydrogen) atoms. The van der Waals surface area contributed by atoms with Gasteiger partial charge in [0.25, 0.3) is 0 Å². The Kier molecular flexibility index (Phi) is 4.30. The van der Waals surface area contributed by atoms with Crippen LogP contribution in [-0.2, 0) is 6.54 Å². The minimum Gasteiger partial charge on any atom is -0.366 e. The van der Waals surface area contributed by atoms with Gasteiger partial charge in [-0.3, -0.25) is 4.79 Å². The topological polar surface area (TPSA) is 104 Å². The summed E-state index contributed by atoms with van der Waals surface area (Å²) in [6, 6.07) is 14.8. The fourth-order valence-corrected chi connectivity index (χ4v) is 2.68. The third kappa shape index (κ3) is 3.40. The van der Waals surface area contributed by atoms with Gasteiger partial charge in [-0.2, -0.15) is 0 Å². The zero-order chi connectivity index (χ0) is 18.0. The van der Waals surface area contributed by atoms with Crippen LogP contribution in [0.25, 0.3) is 11.1 Å². The maximum Gasteiger partial charge on any atom is 0.381 e. The van der Waals surface area contributed by atoms with E-state index in [4.69, 9.17) is 5.73 Å². The molecule has 126 valence electrons. The summed E-state index contributed by atoms with van der Waals surface area (Å²) in [5.74, 6) is -0.0552. The van der Waals surface area contributed by atoms with Gasteiger partial charge in [-0.1, -0.05) is 42.5 Å². The van der Waals surface area contributed by atoms with Gasteiger partial charge in [0.15, 0.2) is 0 Å². The highest BCUT2D eigenvalue weighted by Gasteiger charge is 2.15. The Morgan fingerprint density at radius 1 is 1.20 bits per heavy atom. The van der Waals surface area contributed by atoms with Crippen LogP contribution in [0, 0.1) is 17.0 Å². The van der Waals surface area contributed by atoms with Crippen molar-refractivity contribution in [3.63, 3.8) is 0 Å². The summed E-state index contributed by atoms with van der Waals surface area (Å²) >= 11 is 0. The molecule has 2 aromatic carbocycles. The molecular formula is C18H16N4O3. The van der Waals surface area contributed by atoms with Crippen LogP contribution < -0.4 is 5.73 Å². The fraction of sp³-hybridized carbons (Fsp3) is 0.111. The number of amides is 1. The second-order valence-electron chi connectivity index (χ2n) is 5.64. The molecule has 0 aliphatic heterocycles. The van der Waals surface area contributed by atoms with Gasteiger partial charge >= 0.3 is 5.82 Å². The number of hydrogen-bond donors (Lipinski definition) is 1. The van der Waals surface area contributed by atoms with Gasteiger partial charge < -0.3 is 20.4 Å². The standard InChI is InChI=1S/C18H16N4O3/c1-12-20-17(22(24)25)11-21(12)10-13-6-8-14(9-7-13)15-4-2-3-5-16(15)18(19)23/h2-9,11H,10H2,1H3,(H2,19,23). The molecular weight excluding hydrogens is 320 g/mol. The van der Waals surface area contributed by atoms with E-state index >= 15 is 0 Å². The van der Waals surface area contributed by atoms with Crippen LogP contribution >= 0.6 is 0 Å². The molecule has 7 nitrogen and oxygen atoms in total. The maximum atomic E-state index is 11.6. The lowest BCUT2D eigenvalue weighted by Gasteiger charge is -2.08. The van der Waals surface area contributed by atoms with Crippen molar-refractivity contribution < 1.29 is 9.72 Å². The van der Waals surface area contributed by atoms with E-state index in [1.54, 1.807) is 23.6 Å². The molecule has 0 radical (unpaired) electrons. The molecule has 2 N–H and O–H groups in total. The van der Waals surface area contributed by atoms with Crippen LogP contribution in [-0.4, -0.2) is 20.4 Å². The van der Waals surface area contributed by atoms with Crippen LogP contribution in [0.1, 0.15) is 21.7 Å². The number of carbonyl (C=O) groups excluding carboxylic acids is 1. The van der Waals surface area contributed by atoms with Crippen molar-refractivity contribution in [1.29, 1.82) is 0 Å². The number of aryl methyl sites for hydroxylation is 1. The van der Waals surface area contributed by atoms with E-state index in [1.165, 1.54) is 6.20 Å². The van der Waals surface area contributed by atoms with Crippen molar-refractivity contribution in [2.24, 2.45) is 5.73 Å². The van der Waals surface area contributed by atoms with Crippen LogP contribution in [0.4, 0.5) is 5.82 Å². The van der Waals surface area contributed by atoms with E-state index in [0.717, 1.165) is 16.7 Å². The molecule has 0 saturated heterocycles. The first-order valence-corrected chi connectivity index (χ1v) is 7.62. The molecule has 0 spiro atoms. The Balaban J connectivity index is 1.86. The third-order valence-electron chi connectivity index (χ3n) is 3.96. The van der Waals surface area contributed by atoms with Crippen LogP contribution in [0.5, 0.6) is 0 Å². The monoisotopic (exact) mass is 336 g/mol. The van der Waals surface area contributed by atoms with Gasteiger partial charge in [0.2, 0.25) is 11.7 Å². The molecule has 1 aromatic heterocycles. The van der Waals surface area contributed by atoms with Gasteiger partial charge in [0, 0.05) is 12.5 Å². The van der Waals surface area contributed by atoms with E-state index in [-0.39, 0.29) is 5.82 Å². The van der Waals surface area contributed by atoms with Crippen molar-refractivity contribution in [2.75, 3.05) is 0 Å². The fourth-order valence-electron chi connectivity index (χ4n) is 2.68. The Bertz CT molecular complexity index is 945. The number of aromatic nitrogens is 2. The largest absolute Gasteiger partial charge is 0.381 e. The van der Waals surface area contributed by atoms with Crippen LogP contribution in [0.2, 0.25) is 0 Å². The number of imidazole rings is 1. The summed E-state index contributed by atoms with van der Waals surface area (Å²) < 4.78 is 1.73. The van der Waals surface area contributed by atoms with Crippen molar-refractivity contribution >= 4 is 11.7 Å². The normalized spacial score (nSPS) is 10.6. The third-order valence-corrected chi connectivity index (χ3v) is 3.96. The Hall–Kier alpha value is -3.48. The van der Waals surface area contributed by atoms with E-state index < -0.39 is 10.8 Å². The first-order chi connectivity index (χ1) is 12.0. The smallest absolute Gasteiger partial charge is 0.366 e. The average Bonchev–Trinajstić information content (AvgIpc) is 2.97. The number of nitro groups is 1. The predicted molar refractivity (Wildman–Crippen MR) is 93.1 cm³/mol.